The molecule has 0 amide bonds. The molecule has 0 spiro atoms. The van der Waals surface area contributed by atoms with Gasteiger partial charge in [-0.2, -0.15) is 0 Å². The second-order valence-corrected chi connectivity index (χ2v) is 8.32. The molecule has 1 aliphatic carbocycles. The first-order valence-electron chi connectivity index (χ1n) is 9.00. The van der Waals surface area contributed by atoms with Gasteiger partial charge in [0.15, 0.2) is 0 Å². The topological polar surface area (TPSA) is 23.5 Å². The highest BCUT2D eigenvalue weighted by molar-refractivity contribution is 5.49. The summed E-state index contributed by atoms with van der Waals surface area (Å²) in [5.74, 6) is 0.978. The summed E-state index contributed by atoms with van der Waals surface area (Å²) in [5, 5.41) is 10.4. The Morgan fingerprint density at radius 3 is 2.74 bits per heavy atom. The summed E-state index contributed by atoms with van der Waals surface area (Å²) in [4.78, 5) is 2.55. The van der Waals surface area contributed by atoms with Crippen LogP contribution in [0, 0.1) is 11.3 Å². The van der Waals surface area contributed by atoms with Gasteiger partial charge in [-0.1, -0.05) is 53.3 Å². The predicted octanol–water partition coefficient (Wildman–Crippen LogP) is 4.87. The number of hydrogen-bond donors (Lipinski definition) is 1. The molecule has 1 saturated heterocycles. The fraction of sp³-hybridized carbons (Fsp3) is 0.619. The quantitative estimate of drug-likeness (QED) is 0.861. The molecule has 2 nitrogen and oxygen atoms in total. The molecule has 1 fully saturated rings. The Bertz CT molecular complexity index is 633. The van der Waals surface area contributed by atoms with Gasteiger partial charge in [-0.15, -0.1) is 0 Å². The van der Waals surface area contributed by atoms with E-state index in [4.69, 9.17) is 0 Å². The molecule has 126 valence electrons. The van der Waals surface area contributed by atoms with Gasteiger partial charge in [-0.3, -0.25) is 0 Å². The van der Waals surface area contributed by atoms with Crippen molar-refractivity contribution >= 4 is 0 Å². The molecule has 0 radical (unpaired) electrons. The Morgan fingerprint density at radius 2 is 2.09 bits per heavy atom. The van der Waals surface area contributed by atoms with Crippen molar-refractivity contribution in [3.63, 3.8) is 0 Å². The molecule has 2 aliphatic rings. The first-order chi connectivity index (χ1) is 10.7. The molecule has 0 aromatic heterocycles. The monoisotopic (exact) mass is 313 g/mol. The number of fused-ring (bicyclic) bond motifs is 4. The average molecular weight is 313 g/mol. The lowest BCUT2D eigenvalue weighted by Crippen LogP contribution is -2.63. The van der Waals surface area contributed by atoms with Crippen LogP contribution in [0.2, 0.25) is 0 Å². The van der Waals surface area contributed by atoms with E-state index in [0.29, 0.717) is 17.7 Å². The van der Waals surface area contributed by atoms with Gasteiger partial charge in [0.1, 0.15) is 5.75 Å². The molecule has 3 rings (SSSR count). The Hall–Kier alpha value is -1.44. The van der Waals surface area contributed by atoms with E-state index in [9.17, 15) is 5.11 Å². The van der Waals surface area contributed by atoms with Gasteiger partial charge in [0.25, 0.3) is 0 Å². The smallest absolute Gasteiger partial charge is 0.119 e. The maximum absolute atomic E-state index is 10.4. The number of rotatable bonds is 3. The molecule has 0 saturated carbocycles. The molecule has 1 N–H and O–H groups in total. The average Bonchev–Trinajstić information content (AvgIpc) is 2.50. The zero-order chi connectivity index (χ0) is 17.0. The number of phenols is 1. The molecule has 1 aromatic rings. The predicted molar refractivity (Wildman–Crippen MR) is 96.6 cm³/mol. The summed E-state index contributed by atoms with van der Waals surface area (Å²) in [6, 6.07) is 6.47. The second-order valence-electron chi connectivity index (χ2n) is 8.32. The zero-order valence-corrected chi connectivity index (χ0v) is 15.3. The minimum Gasteiger partial charge on any atom is -0.508 e. The zero-order valence-electron chi connectivity index (χ0n) is 15.3. The van der Waals surface area contributed by atoms with E-state index in [0.717, 1.165) is 31.4 Å². The fourth-order valence-electron chi connectivity index (χ4n) is 4.79. The van der Waals surface area contributed by atoms with Gasteiger partial charge in [0.2, 0.25) is 0 Å². The van der Waals surface area contributed by atoms with Crippen molar-refractivity contribution in [1.82, 2.24) is 4.90 Å². The number of phenolic OH excluding ortho intramolecular Hbond substituents is 1. The second kappa shape index (κ2) is 5.29. The normalized spacial score (nSPS) is 29.8. The fourth-order valence-corrected chi connectivity index (χ4v) is 4.79. The lowest BCUT2D eigenvalue weighted by Gasteiger charge is -2.62. The Balaban J connectivity index is 2.09. The summed E-state index contributed by atoms with van der Waals surface area (Å²) in [7, 11) is 0. The van der Waals surface area contributed by atoms with E-state index in [-0.39, 0.29) is 10.8 Å². The molecule has 2 bridgehead atoms. The van der Waals surface area contributed by atoms with Gasteiger partial charge < -0.3 is 10.0 Å². The van der Waals surface area contributed by atoms with Gasteiger partial charge in [0.05, 0.1) is 0 Å². The van der Waals surface area contributed by atoms with E-state index >= 15 is 0 Å². The van der Waals surface area contributed by atoms with Crippen molar-refractivity contribution in [1.29, 1.82) is 0 Å². The molecular weight excluding hydrogens is 282 g/mol. The van der Waals surface area contributed by atoms with Crippen LogP contribution in [0.3, 0.4) is 0 Å². The largest absolute Gasteiger partial charge is 0.508 e. The number of hydrogen-bond acceptors (Lipinski definition) is 2. The van der Waals surface area contributed by atoms with Crippen LogP contribution in [0.1, 0.15) is 58.6 Å². The standard InChI is InChI=1S/C21H31NO/c1-7-14(2)15(3)22-12-11-21(6)17-9-8-10-18(23)16(17)13-19(22)20(21,4)5/h8-10,14,19,23H,3,7,11-13H2,1-2,4-6H3/t14?,19-,21+/m1/s1. The van der Waals surface area contributed by atoms with Crippen LogP contribution in [-0.4, -0.2) is 22.6 Å². The lowest BCUT2D eigenvalue weighted by atomic mass is 9.51. The first-order valence-corrected chi connectivity index (χ1v) is 9.00. The van der Waals surface area contributed by atoms with E-state index in [1.807, 2.05) is 12.1 Å². The summed E-state index contributed by atoms with van der Waals surface area (Å²) in [6.45, 7) is 17.2. The van der Waals surface area contributed by atoms with Crippen molar-refractivity contribution in [3.8, 4) is 5.75 Å². The highest BCUT2D eigenvalue weighted by atomic mass is 16.3. The molecule has 3 atom stereocenters. The van der Waals surface area contributed by atoms with Crippen LogP contribution in [0.25, 0.3) is 0 Å². The lowest BCUT2D eigenvalue weighted by molar-refractivity contribution is -0.0249. The Labute approximate surface area is 141 Å². The Kier molecular flexibility index (Phi) is 3.78. The van der Waals surface area contributed by atoms with Crippen LogP contribution >= 0.6 is 0 Å². The molecule has 1 aromatic carbocycles. The summed E-state index contributed by atoms with van der Waals surface area (Å²) in [5.41, 5.74) is 4.04. The number of nitrogens with zero attached hydrogens (tertiary/aromatic N) is 1. The maximum Gasteiger partial charge on any atom is 0.119 e. The Morgan fingerprint density at radius 1 is 1.39 bits per heavy atom. The van der Waals surface area contributed by atoms with Crippen molar-refractivity contribution < 1.29 is 5.11 Å². The molecule has 2 heteroatoms. The molecular formula is C21H31NO. The molecule has 1 aliphatic heterocycles. The van der Waals surface area contributed by atoms with E-state index in [1.54, 1.807) is 0 Å². The van der Waals surface area contributed by atoms with Gasteiger partial charge in [0, 0.05) is 23.7 Å². The number of benzene rings is 1. The van der Waals surface area contributed by atoms with Crippen LogP contribution in [0.4, 0.5) is 0 Å². The van der Waals surface area contributed by atoms with Crippen molar-refractivity contribution in [2.45, 2.75) is 65.3 Å². The SMILES string of the molecule is C=C(C(C)CC)N1CC[C@@]2(C)c3cccc(O)c3C[C@@H]1C2(C)C. The van der Waals surface area contributed by atoms with E-state index < -0.39 is 0 Å². The number of likely N-dealkylation sites (tertiary alicyclic amines) is 1. The van der Waals surface area contributed by atoms with E-state index in [1.165, 1.54) is 11.3 Å². The van der Waals surface area contributed by atoms with Crippen LogP contribution in [0.5, 0.6) is 5.75 Å². The third-order valence-electron chi connectivity index (χ3n) is 7.18. The highest BCUT2D eigenvalue weighted by Gasteiger charge is 2.56. The van der Waals surface area contributed by atoms with Crippen molar-refractivity contribution in [2.24, 2.45) is 11.3 Å². The van der Waals surface area contributed by atoms with E-state index in [2.05, 4.69) is 52.2 Å². The van der Waals surface area contributed by atoms with Crippen molar-refractivity contribution in [2.75, 3.05) is 6.54 Å². The van der Waals surface area contributed by atoms with Crippen LogP contribution in [0.15, 0.2) is 30.5 Å². The minimum atomic E-state index is 0.107. The van der Waals surface area contributed by atoms with Crippen LogP contribution < -0.4 is 0 Å². The maximum atomic E-state index is 10.4. The highest BCUT2D eigenvalue weighted by Crippen LogP contribution is 2.57. The minimum absolute atomic E-state index is 0.107. The van der Waals surface area contributed by atoms with Crippen molar-refractivity contribution in [3.05, 3.63) is 41.6 Å². The molecule has 1 unspecified atom stereocenters. The third kappa shape index (κ3) is 2.14. The van der Waals surface area contributed by atoms with Crippen LogP contribution in [-0.2, 0) is 11.8 Å². The third-order valence-corrected chi connectivity index (χ3v) is 7.18. The number of allylic oxidation sites excluding steroid dienone is 1. The summed E-state index contributed by atoms with van der Waals surface area (Å²) in [6.07, 6.45) is 3.16. The molecule has 1 heterocycles. The summed E-state index contributed by atoms with van der Waals surface area (Å²) < 4.78 is 0. The number of aromatic hydroxyl groups is 1. The van der Waals surface area contributed by atoms with Gasteiger partial charge in [-0.05, 0) is 47.8 Å². The first kappa shape index (κ1) is 16.4. The number of piperidine rings is 1. The van der Waals surface area contributed by atoms with Gasteiger partial charge >= 0.3 is 0 Å². The van der Waals surface area contributed by atoms with Gasteiger partial charge in [-0.25, -0.2) is 0 Å². The summed E-state index contributed by atoms with van der Waals surface area (Å²) >= 11 is 0. The molecule has 23 heavy (non-hydrogen) atoms.